The SMILES string of the molecule is Cc1ncc(Br)n1CCF. The van der Waals surface area contributed by atoms with E-state index < -0.39 is 0 Å². The highest BCUT2D eigenvalue weighted by Crippen LogP contribution is 2.11. The molecule has 2 nitrogen and oxygen atoms in total. The van der Waals surface area contributed by atoms with E-state index in [9.17, 15) is 4.39 Å². The van der Waals surface area contributed by atoms with Crippen molar-refractivity contribution >= 4 is 15.9 Å². The fraction of sp³-hybridized carbons (Fsp3) is 0.500. The average molecular weight is 207 g/mol. The summed E-state index contributed by atoms with van der Waals surface area (Å²) < 4.78 is 14.5. The monoisotopic (exact) mass is 206 g/mol. The van der Waals surface area contributed by atoms with E-state index in [-0.39, 0.29) is 6.67 Å². The maximum atomic E-state index is 11.8. The largest absolute Gasteiger partial charge is 0.320 e. The molecule has 0 saturated heterocycles. The van der Waals surface area contributed by atoms with Crippen molar-refractivity contribution in [3.05, 3.63) is 16.6 Å². The molecule has 0 spiro atoms. The van der Waals surface area contributed by atoms with E-state index in [4.69, 9.17) is 0 Å². The van der Waals surface area contributed by atoms with Gasteiger partial charge in [-0.05, 0) is 22.9 Å². The van der Waals surface area contributed by atoms with Gasteiger partial charge in [-0.15, -0.1) is 0 Å². The number of hydrogen-bond acceptors (Lipinski definition) is 1. The molecule has 10 heavy (non-hydrogen) atoms. The first-order valence-corrected chi connectivity index (χ1v) is 3.78. The minimum atomic E-state index is -0.351. The minimum absolute atomic E-state index is 0.351. The first-order valence-electron chi connectivity index (χ1n) is 2.99. The highest BCUT2D eigenvalue weighted by molar-refractivity contribution is 9.10. The van der Waals surface area contributed by atoms with E-state index in [0.717, 1.165) is 10.4 Å². The number of halogens is 2. The van der Waals surface area contributed by atoms with E-state index in [0.29, 0.717) is 6.54 Å². The Kier molecular flexibility index (Phi) is 2.43. The van der Waals surface area contributed by atoms with Gasteiger partial charge < -0.3 is 4.57 Å². The van der Waals surface area contributed by atoms with Gasteiger partial charge in [0.15, 0.2) is 0 Å². The summed E-state index contributed by atoms with van der Waals surface area (Å²) in [6.45, 7) is 1.88. The summed E-state index contributed by atoms with van der Waals surface area (Å²) in [5.74, 6) is 0.838. The Morgan fingerprint density at radius 3 is 2.90 bits per heavy atom. The van der Waals surface area contributed by atoms with Gasteiger partial charge in [-0.2, -0.15) is 0 Å². The number of aromatic nitrogens is 2. The van der Waals surface area contributed by atoms with Gasteiger partial charge in [0.25, 0.3) is 0 Å². The molecule has 0 aliphatic carbocycles. The minimum Gasteiger partial charge on any atom is -0.320 e. The van der Waals surface area contributed by atoms with Gasteiger partial charge in [-0.25, -0.2) is 9.37 Å². The average Bonchev–Trinajstić information content (AvgIpc) is 2.20. The van der Waals surface area contributed by atoms with Crippen LogP contribution in [0.4, 0.5) is 4.39 Å². The van der Waals surface area contributed by atoms with Gasteiger partial charge in [0.2, 0.25) is 0 Å². The fourth-order valence-corrected chi connectivity index (χ4v) is 1.33. The van der Waals surface area contributed by atoms with Crippen molar-refractivity contribution < 1.29 is 4.39 Å². The molecule has 1 rings (SSSR count). The molecule has 0 aliphatic rings. The van der Waals surface area contributed by atoms with Crippen LogP contribution in [0.5, 0.6) is 0 Å². The molecule has 0 radical (unpaired) electrons. The third-order valence-corrected chi connectivity index (χ3v) is 1.95. The van der Waals surface area contributed by atoms with Crippen molar-refractivity contribution in [1.29, 1.82) is 0 Å². The summed E-state index contributed by atoms with van der Waals surface area (Å²) in [6, 6.07) is 0. The molecule has 0 bridgehead atoms. The number of hydrogen-bond donors (Lipinski definition) is 0. The summed E-state index contributed by atoms with van der Waals surface area (Å²) in [5.41, 5.74) is 0. The van der Waals surface area contributed by atoms with E-state index in [1.807, 2.05) is 6.92 Å². The van der Waals surface area contributed by atoms with Crippen LogP contribution >= 0.6 is 15.9 Å². The van der Waals surface area contributed by atoms with Crippen molar-refractivity contribution in [3.8, 4) is 0 Å². The lowest BCUT2D eigenvalue weighted by molar-refractivity contribution is 0.439. The normalized spacial score (nSPS) is 10.3. The summed E-state index contributed by atoms with van der Waals surface area (Å²) >= 11 is 3.25. The lowest BCUT2D eigenvalue weighted by atomic mass is 10.6. The molecule has 4 heteroatoms. The molecular formula is C6H8BrFN2. The Balaban J connectivity index is 2.87. The smallest absolute Gasteiger partial charge is 0.107 e. The van der Waals surface area contributed by atoms with E-state index in [2.05, 4.69) is 20.9 Å². The second-order valence-corrected chi connectivity index (χ2v) is 2.78. The second-order valence-electron chi connectivity index (χ2n) is 1.97. The zero-order chi connectivity index (χ0) is 7.56. The molecule has 0 aliphatic heterocycles. The van der Waals surface area contributed by atoms with Gasteiger partial charge in [-0.3, -0.25) is 0 Å². The van der Waals surface area contributed by atoms with Crippen molar-refractivity contribution in [2.24, 2.45) is 0 Å². The van der Waals surface area contributed by atoms with Crippen LogP contribution in [0, 0.1) is 6.92 Å². The van der Waals surface area contributed by atoms with E-state index in [1.54, 1.807) is 10.8 Å². The van der Waals surface area contributed by atoms with E-state index in [1.165, 1.54) is 0 Å². The number of rotatable bonds is 2. The maximum Gasteiger partial charge on any atom is 0.107 e. The Bertz CT molecular complexity index is 202. The molecule has 0 N–H and O–H groups in total. The van der Waals surface area contributed by atoms with Crippen molar-refractivity contribution in [2.75, 3.05) is 6.67 Å². The van der Waals surface area contributed by atoms with Crippen LogP contribution in [0.3, 0.4) is 0 Å². The van der Waals surface area contributed by atoms with Crippen LogP contribution in [0.15, 0.2) is 10.8 Å². The highest BCUT2D eigenvalue weighted by atomic mass is 79.9. The van der Waals surface area contributed by atoms with Crippen molar-refractivity contribution in [2.45, 2.75) is 13.5 Å². The zero-order valence-electron chi connectivity index (χ0n) is 5.64. The number of alkyl halides is 1. The topological polar surface area (TPSA) is 17.8 Å². The number of nitrogens with zero attached hydrogens (tertiary/aromatic N) is 2. The summed E-state index contributed by atoms with van der Waals surface area (Å²) in [4.78, 5) is 3.98. The maximum absolute atomic E-state index is 11.8. The Hall–Kier alpha value is -0.380. The summed E-state index contributed by atoms with van der Waals surface area (Å²) in [6.07, 6.45) is 1.67. The second kappa shape index (κ2) is 3.14. The van der Waals surface area contributed by atoms with Gasteiger partial charge in [-0.1, -0.05) is 0 Å². The van der Waals surface area contributed by atoms with Crippen LogP contribution < -0.4 is 0 Å². The molecule has 1 heterocycles. The van der Waals surface area contributed by atoms with Gasteiger partial charge in [0, 0.05) is 0 Å². The first kappa shape index (κ1) is 7.72. The van der Waals surface area contributed by atoms with E-state index >= 15 is 0 Å². The Labute approximate surface area is 67.2 Å². The molecule has 0 unspecified atom stereocenters. The molecule has 0 atom stereocenters. The highest BCUT2D eigenvalue weighted by Gasteiger charge is 2.01. The third-order valence-electron chi connectivity index (χ3n) is 1.31. The first-order chi connectivity index (χ1) is 4.75. The summed E-state index contributed by atoms with van der Waals surface area (Å²) in [5, 5.41) is 0. The Morgan fingerprint density at radius 1 is 1.80 bits per heavy atom. The molecule has 0 aromatic carbocycles. The lowest BCUT2D eigenvalue weighted by Gasteiger charge is -2.01. The molecular weight excluding hydrogens is 199 g/mol. The van der Waals surface area contributed by atoms with Crippen LogP contribution in [0.1, 0.15) is 5.82 Å². The number of aryl methyl sites for hydroxylation is 1. The standard InChI is InChI=1S/C6H8BrFN2/c1-5-9-4-6(7)10(5)3-2-8/h4H,2-3H2,1H3. The zero-order valence-corrected chi connectivity index (χ0v) is 7.23. The quantitative estimate of drug-likeness (QED) is 0.724. The van der Waals surface area contributed by atoms with Gasteiger partial charge >= 0.3 is 0 Å². The lowest BCUT2D eigenvalue weighted by Crippen LogP contribution is -2.01. The van der Waals surface area contributed by atoms with Crippen LogP contribution in [0.2, 0.25) is 0 Å². The molecule has 1 aromatic rings. The number of imidazole rings is 1. The fourth-order valence-electron chi connectivity index (χ4n) is 0.794. The van der Waals surface area contributed by atoms with Gasteiger partial charge in [0.05, 0.1) is 12.7 Å². The Morgan fingerprint density at radius 2 is 2.50 bits per heavy atom. The van der Waals surface area contributed by atoms with Crippen molar-refractivity contribution in [1.82, 2.24) is 9.55 Å². The predicted molar refractivity (Wildman–Crippen MR) is 40.6 cm³/mol. The van der Waals surface area contributed by atoms with Gasteiger partial charge in [0.1, 0.15) is 17.1 Å². The summed E-state index contributed by atoms with van der Waals surface area (Å²) in [7, 11) is 0. The predicted octanol–water partition coefficient (Wildman–Crippen LogP) is 1.92. The molecule has 0 saturated carbocycles. The molecule has 56 valence electrons. The molecule has 1 aromatic heterocycles. The van der Waals surface area contributed by atoms with Crippen LogP contribution in [-0.2, 0) is 6.54 Å². The van der Waals surface area contributed by atoms with Crippen molar-refractivity contribution in [3.63, 3.8) is 0 Å². The third kappa shape index (κ3) is 1.37. The van der Waals surface area contributed by atoms with Crippen LogP contribution in [0.25, 0.3) is 0 Å². The molecule has 0 amide bonds. The van der Waals surface area contributed by atoms with Crippen LogP contribution in [-0.4, -0.2) is 16.2 Å². The molecule has 0 fully saturated rings.